The van der Waals surface area contributed by atoms with Crippen molar-refractivity contribution in [1.29, 1.82) is 0 Å². The number of nitrogens with zero attached hydrogens (tertiary/aromatic N) is 3. The van der Waals surface area contributed by atoms with Gasteiger partial charge in [-0.2, -0.15) is 4.98 Å². The second-order valence-electron chi connectivity index (χ2n) is 5.10. The molecule has 0 atom stereocenters. The Balaban J connectivity index is 1.71. The summed E-state index contributed by atoms with van der Waals surface area (Å²) in [6.07, 6.45) is 2.60. The average Bonchev–Trinajstić information content (AvgIpc) is 3.21. The molecule has 98 valence electrons. The third-order valence-electron chi connectivity index (χ3n) is 3.41. The van der Waals surface area contributed by atoms with E-state index in [1.807, 2.05) is 13.0 Å². The Morgan fingerprint density at radius 2 is 2.11 bits per heavy atom. The quantitative estimate of drug-likeness (QED) is 0.861. The van der Waals surface area contributed by atoms with Crippen molar-refractivity contribution in [3.05, 3.63) is 11.9 Å². The van der Waals surface area contributed by atoms with Crippen LogP contribution in [0.3, 0.4) is 0 Å². The SMILES string of the molecule is Cc1nc(OCC2CC2)cc(N2CCNCC2)n1. The van der Waals surface area contributed by atoms with E-state index in [9.17, 15) is 0 Å². The number of anilines is 1. The van der Waals surface area contributed by atoms with E-state index < -0.39 is 0 Å². The van der Waals surface area contributed by atoms with Gasteiger partial charge in [-0.3, -0.25) is 0 Å². The molecule has 18 heavy (non-hydrogen) atoms. The zero-order valence-corrected chi connectivity index (χ0v) is 10.9. The molecule has 0 amide bonds. The minimum Gasteiger partial charge on any atom is -0.477 e. The average molecular weight is 248 g/mol. The second-order valence-corrected chi connectivity index (χ2v) is 5.10. The molecule has 0 aromatic carbocycles. The first-order valence-electron chi connectivity index (χ1n) is 6.75. The minimum atomic E-state index is 0.725. The first-order valence-corrected chi connectivity index (χ1v) is 6.75. The van der Waals surface area contributed by atoms with Gasteiger partial charge in [0.2, 0.25) is 5.88 Å². The molecule has 2 heterocycles. The van der Waals surface area contributed by atoms with Crippen molar-refractivity contribution >= 4 is 5.82 Å². The number of aryl methyl sites for hydroxylation is 1. The first-order chi connectivity index (χ1) is 8.81. The first kappa shape index (κ1) is 11.7. The van der Waals surface area contributed by atoms with Gasteiger partial charge in [0.15, 0.2) is 0 Å². The number of hydrogen-bond donors (Lipinski definition) is 1. The number of nitrogens with one attached hydrogen (secondary N) is 1. The molecule has 2 aliphatic rings. The zero-order valence-electron chi connectivity index (χ0n) is 10.9. The molecule has 1 saturated carbocycles. The Morgan fingerprint density at radius 3 is 2.83 bits per heavy atom. The van der Waals surface area contributed by atoms with Crippen LogP contribution in [0.1, 0.15) is 18.7 Å². The van der Waals surface area contributed by atoms with Crippen LogP contribution in [0, 0.1) is 12.8 Å². The van der Waals surface area contributed by atoms with Crippen LogP contribution in [0.4, 0.5) is 5.82 Å². The lowest BCUT2D eigenvalue weighted by molar-refractivity contribution is 0.287. The molecule has 1 aliphatic heterocycles. The standard InChI is InChI=1S/C13H20N4O/c1-10-15-12(17-6-4-14-5-7-17)8-13(16-10)18-9-11-2-3-11/h8,11,14H,2-7,9H2,1H3. The topological polar surface area (TPSA) is 50.3 Å². The van der Waals surface area contributed by atoms with Crippen LogP contribution in [0.15, 0.2) is 6.07 Å². The van der Waals surface area contributed by atoms with Gasteiger partial charge in [-0.15, -0.1) is 0 Å². The lowest BCUT2D eigenvalue weighted by Gasteiger charge is -2.28. The highest BCUT2D eigenvalue weighted by Crippen LogP contribution is 2.29. The van der Waals surface area contributed by atoms with Crippen LogP contribution in [-0.2, 0) is 0 Å². The lowest BCUT2D eigenvalue weighted by atomic mass is 10.3. The summed E-state index contributed by atoms with van der Waals surface area (Å²) in [5.74, 6) is 3.26. The Bertz CT molecular complexity index is 413. The van der Waals surface area contributed by atoms with Crippen molar-refractivity contribution in [2.24, 2.45) is 5.92 Å². The highest BCUT2D eigenvalue weighted by atomic mass is 16.5. The van der Waals surface area contributed by atoms with Crippen molar-refractivity contribution in [1.82, 2.24) is 15.3 Å². The van der Waals surface area contributed by atoms with E-state index in [1.165, 1.54) is 12.8 Å². The summed E-state index contributed by atoms with van der Waals surface area (Å²) in [7, 11) is 0. The Kier molecular flexibility index (Phi) is 3.32. The smallest absolute Gasteiger partial charge is 0.218 e. The van der Waals surface area contributed by atoms with Gasteiger partial charge >= 0.3 is 0 Å². The maximum absolute atomic E-state index is 5.75. The molecule has 1 aromatic heterocycles. The van der Waals surface area contributed by atoms with E-state index in [0.717, 1.165) is 56.2 Å². The molecule has 0 radical (unpaired) electrons. The summed E-state index contributed by atoms with van der Waals surface area (Å²) in [6, 6.07) is 1.97. The Morgan fingerprint density at radius 1 is 1.33 bits per heavy atom. The second kappa shape index (κ2) is 5.10. The number of rotatable bonds is 4. The Labute approximate surface area is 108 Å². The summed E-state index contributed by atoms with van der Waals surface area (Å²) in [5, 5.41) is 3.35. The predicted molar refractivity (Wildman–Crippen MR) is 70.1 cm³/mol. The molecule has 0 spiro atoms. The number of piperazine rings is 1. The molecule has 1 aromatic rings. The maximum atomic E-state index is 5.75. The van der Waals surface area contributed by atoms with Crippen molar-refractivity contribution in [3.8, 4) is 5.88 Å². The molecule has 1 saturated heterocycles. The maximum Gasteiger partial charge on any atom is 0.218 e. The van der Waals surface area contributed by atoms with Gasteiger partial charge < -0.3 is 15.0 Å². The molecular formula is C13H20N4O. The summed E-state index contributed by atoms with van der Waals surface area (Å²) < 4.78 is 5.75. The number of aromatic nitrogens is 2. The minimum absolute atomic E-state index is 0.725. The summed E-state index contributed by atoms with van der Waals surface area (Å²) in [5.41, 5.74) is 0. The highest BCUT2D eigenvalue weighted by molar-refractivity contribution is 5.42. The van der Waals surface area contributed by atoms with Crippen LogP contribution in [0.5, 0.6) is 5.88 Å². The predicted octanol–water partition coefficient (Wildman–Crippen LogP) is 0.983. The molecule has 1 N–H and O–H groups in total. The Hall–Kier alpha value is -1.36. The molecule has 5 nitrogen and oxygen atoms in total. The summed E-state index contributed by atoms with van der Waals surface area (Å²) >= 11 is 0. The third kappa shape index (κ3) is 2.90. The molecule has 2 fully saturated rings. The van der Waals surface area contributed by atoms with Gasteiger partial charge in [-0.25, -0.2) is 4.98 Å². The van der Waals surface area contributed by atoms with Crippen molar-refractivity contribution in [2.75, 3.05) is 37.7 Å². The fraction of sp³-hybridized carbons (Fsp3) is 0.692. The van der Waals surface area contributed by atoms with Gasteiger partial charge in [-0.05, 0) is 25.7 Å². The zero-order chi connectivity index (χ0) is 12.4. The largest absolute Gasteiger partial charge is 0.477 e. The normalized spacial score (nSPS) is 19.9. The van der Waals surface area contributed by atoms with Crippen LogP contribution in [0.2, 0.25) is 0 Å². The highest BCUT2D eigenvalue weighted by Gasteiger charge is 2.22. The van der Waals surface area contributed by atoms with Crippen molar-refractivity contribution in [2.45, 2.75) is 19.8 Å². The van der Waals surface area contributed by atoms with Gasteiger partial charge in [-0.1, -0.05) is 0 Å². The summed E-state index contributed by atoms with van der Waals surface area (Å²) in [6.45, 7) is 6.76. The van der Waals surface area contributed by atoms with Gasteiger partial charge in [0.25, 0.3) is 0 Å². The van der Waals surface area contributed by atoms with Crippen molar-refractivity contribution in [3.63, 3.8) is 0 Å². The van der Waals surface area contributed by atoms with Gasteiger partial charge in [0, 0.05) is 32.2 Å². The van der Waals surface area contributed by atoms with Gasteiger partial charge in [0.05, 0.1) is 6.61 Å². The third-order valence-corrected chi connectivity index (χ3v) is 3.41. The van der Waals surface area contributed by atoms with E-state index in [0.29, 0.717) is 0 Å². The van der Waals surface area contributed by atoms with E-state index in [1.54, 1.807) is 0 Å². The summed E-state index contributed by atoms with van der Waals surface area (Å²) in [4.78, 5) is 11.1. The van der Waals surface area contributed by atoms with Crippen LogP contribution >= 0.6 is 0 Å². The number of ether oxygens (including phenoxy) is 1. The monoisotopic (exact) mass is 248 g/mol. The van der Waals surface area contributed by atoms with Crippen LogP contribution < -0.4 is 15.0 Å². The molecule has 0 unspecified atom stereocenters. The molecule has 1 aliphatic carbocycles. The van der Waals surface area contributed by atoms with E-state index in [2.05, 4.69) is 20.2 Å². The lowest BCUT2D eigenvalue weighted by Crippen LogP contribution is -2.44. The molecule has 0 bridgehead atoms. The fourth-order valence-corrected chi connectivity index (χ4v) is 2.14. The molecule has 3 rings (SSSR count). The number of hydrogen-bond acceptors (Lipinski definition) is 5. The van der Waals surface area contributed by atoms with Crippen molar-refractivity contribution < 1.29 is 4.74 Å². The van der Waals surface area contributed by atoms with Crippen LogP contribution in [0.25, 0.3) is 0 Å². The van der Waals surface area contributed by atoms with E-state index >= 15 is 0 Å². The van der Waals surface area contributed by atoms with E-state index in [-0.39, 0.29) is 0 Å². The van der Waals surface area contributed by atoms with Gasteiger partial charge in [0.1, 0.15) is 11.6 Å². The molecular weight excluding hydrogens is 228 g/mol. The van der Waals surface area contributed by atoms with E-state index in [4.69, 9.17) is 4.74 Å². The molecule has 5 heteroatoms. The fourth-order valence-electron chi connectivity index (χ4n) is 2.14. The van der Waals surface area contributed by atoms with Crippen LogP contribution in [-0.4, -0.2) is 42.8 Å².